The predicted octanol–water partition coefficient (Wildman–Crippen LogP) is 0.417. The Bertz CT molecular complexity index is 448. The molecule has 0 aromatic heterocycles. The van der Waals surface area contributed by atoms with Crippen LogP contribution in [0.4, 0.5) is 0 Å². The molecule has 0 radical (unpaired) electrons. The number of carbonyl (C=O) groups is 1. The zero-order valence-electron chi connectivity index (χ0n) is 10.6. The molecule has 5 heteroatoms. The molecule has 0 aliphatic carbocycles. The third kappa shape index (κ3) is 2.63. The summed E-state index contributed by atoms with van der Waals surface area (Å²) < 4.78 is 5.27. The van der Waals surface area contributed by atoms with Crippen molar-refractivity contribution in [3.8, 4) is 5.75 Å². The van der Waals surface area contributed by atoms with Crippen molar-refractivity contribution in [2.45, 2.75) is 19.1 Å². The van der Waals surface area contributed by atoms with Gasteiger partial charge in [-0.2, -0.15) is 0 Å². The van der Waals surface area contributed by atoms with Gasteiger partial charge in [0, 0.05) is 20.2 Å². The van der Waals surface area contributed by atoms with Crippen molar-refractivity contribution >= 4 is 5.91 Å². The maximum atomic E-state index is 12.0. The number of methoxy groups -OCH3 is 1. The Morgan fingerprint density at radius 1 is 1.50 bits per heavy atom. The van der Waals surface area contributed by atoms with Crippen LogP contribution in [0.1, 0.15) is 15.9 Å². The number of benzene rings is 1. The maximum absolute atomic E-state index is 12.0. The van der Waals surface area contributed by atoms with E-state index in [4.69, 9.17) is 4.74 Å². The topological polar surface area (TPSA) is 70.6 Å². The van der Waals surface area contributed by atoms with Crippen LogP contribution in [0.3, 0.4) is 0 Å². The molecule has 3 N–H and O–H groups in total. The Labute approximate surface area is 106 Å². The van der Waals surface area contributed by atoms with Crippen LogP contribution in [-0.4, -0.2) is 43.4 Å². The average Bonchev–Trinajstić information content (AvgIpc) is 2.76. The van der Waals surface area contributed by atoms with Gasteiger partial charge in [-0.3, -0.25) is 4.79 Å². The van der Waals surface area contributed by atoms with Gasteiger partial charge in [-0.25, -0.2) is 0 Å². The van der Waals surface area contributed by atoms with Crippen LogP contribution in [0.15, 0.2) is 18.2 Å². The van der Waals surface area contributed by atoms with Crippen LogP contribution < -0.4 is 10.6 Å². The Balaban J connectivity index is 2.07. The van der Waals surface area contributed by atoms with E-state index in [1.54, 1.807) is 25.3 Å². The fraction of sp³-hybridized carbons (Fsp3) is 0.462. The summed E-state index contributed by atoms with van der Waals surface area (Å²) in [4.78, 5) is 12.0. The van der Waals surface area contributed by atoms with Crippen molar-refractivity contribution in [3.05, 3.63) is 29.3 Å². The molecule has 1 aliphatic rings. The van der Waals surface area contributed by atoms with Crippen LogP contribution in [-0.2, 0) is 4.74 Å². The van der Waals surface area contributed by atoms with E-state index in [0.717, 1.165) is 12.1 Å². The number of ether oxygens (including phenoxy) is 1. The zero-order chi connectivity index (χ0) is 13.1. The minimum Gasteiger partial charge on any atom is -0.507 e. The molecule has 2 atom stereocenters. The molecule has 18 heavy (non-hydrogen) atoms. The number of hydrogen-bond acceptors (Lipinski definition) is 4. The van der Waals surface area contributed by atoms with E-state index in [2.05, 4.69) is 10.6 Å². The number of rotatable bonds is 3. The smallest absolute Gasteiger partial charge is 0.255 e. The standard InChI is InChI=1S/C13H18N2O3/c1-8-3-4-9(11(16)5-8)13(17)15-10-6-14-7-12(10)18-2/h3-5,10,12,14,16H,6-7H2,1-2H3,(H,15,17)/t10?,12-/m0/s1. The van der Waals surface area contributed by atoms with Crippen LogP contribution in [0, 0.1) is 6.92 Å². The lowest BCUT2D eigenvalue weighted by Crippen LogP contribution is -2.43. The summed E-state index contributed by atoms with van der Waals surface area (Å²) in [6.07, 6.45) is -0.0264. The summed E-state index contributed by atoms with van der Waals surface area (Å²) in [5, 5.41) is 15.8. The quantitative estimate of drug-likeness (QED) is 0.727. The molecule has 0 bridgehead atoms. The second-order valence-electron chi connectivity index (χ2n) is 4.53. The van der Waals surface area contributed by atoms with Crippen molar-refractivity contribution in [1.82, 2.24) is 10.6 Å². The maximum Gasteiger partial charge on any atom is 0.255 e. The molecule has 1 fully saturated rings. The lowest BCUT2D eigenvalue weighted by atomic mass is 10.1. The van der Waals surface area contributed by atoms with Gasteiger partial charge in [-0.05, 0) is 24.6 Å². The third-order valence-electron chi connectivity index (χ3n) is 3.18. The molecule has 98 valence electrons. The van der Waals surface area contributed by atoms with Gasteiger partial charge >= 0.3 is 0 Å². The molecule has 1 aromatic rings. The van der Waals surface area contributed by atoms with Gasteiger partial charge in [0.05, 0.1) is 17.7 Å². The van der Waals surface area contributed by atoms with Crippen LogP contribution >= 0.6 is 0 Å². The third-order valence-corrected chi connectivity index (χ3v) is 3.18. The van der Waals surface area contributed by atoms with E-state index in [0.29, 0.717) is 12.1 Å². The number of hydrogen-bond donors (Lipinski definition) is 3. The molecule has 0 spiro atoms. The van der Waals surface area contributed by atoms with Gasteiger partial charge in [0.2, 0.25) is 0 Å². The van der Waals surface area contributed by atoms with Crippen LogP contribution in [0.5, 0.6) is 5.75 Å². The number of aryl methyl sites for hydroxylation is 1. The molecule has 1 aromatic carbocycles. The van der Waals surface area contributed by atoms with Gasteiger partial charge in [0.1, 0.15) is 5.75 Å². The first-order valence-corrected chi connectivity index (χ1v) is 5.96. The molecule has 0 saturated carbocycles. The first-order valence-electron chi connectivity index (χ1n) is 5.96. The summed E-state index contributed by atoms with van der Waals surface area (Å²) in [7, 11) is 1.63. The molecule has 5 nitrogen and oxygen atoms in total. The second-order valence-corrected chi connectivity index (χ2v) is 4.53. The van der Waals surface area contributed by atoms with E-state index >= 15 is 0 Å². The summed E-state index contributed by atoms with van der Waals surface area (Å²) in [6.45, 7) is 3.27. The SMILES string of the molecule is CO[C@H]1CNCC1NC(=O)c1ccc(C)cc1O. The lowest BCUT2D eigenvalue weighted by Gasteiger charge is -2.18. The number of phenolic OH excluding ortho intramolecular Hbond substituents is 1. The van der Waals surface area contributed by atoms with E-state index < -0.39 is 0 Å². The first-order chi connectivity index (χ1) is 8.61. The fourth-order valence-corrected chi connectivity index (χ4v) is 2.13. The molecule has 1 heterocycles. The summed E-state index contributed by atoms with van der Waals surface area (Å²) >= 11 is 0. The average molecular weight is 250 g/mol. The Hall–Kier alpha value is -1.59. The highest BCUT2D eigenvalue weighted by molar-refractivity contribution is 5.97. The number of amides is 1. The van der Waals surface area contributed by atoms with Crippen molar-refractivity contribution in [2.24, 2.45) is 0 Å². The Kier molecular flexibility index (Phi) is 3.84. The Morgan fingerprint density at radius 2 is 2.28 bits per heavy atom. The van der Waals surface area contributed by atoms with Crippen LogP contribution in [0.25, 0.3) is 0 Å². The van der Waals surface area contributed by atoms with Crippen molar-refractivity contribution < 1.29 is 14.6 Å². The molecular weight excluding hydrogens is 232 g/mol. The monoisotopic (exact) mass is 250 g/mol. The minimum absolute atomic E-state index is 0.00687. The molecule has 1 amide bonds. The number of nitrogens with one attached hydrogen (secondary N) is 2. The van der Waals surface area contributed by atoms with Crippen molar-refractivity contribution in [1.29, 1.82) is 0 Å². The highest BCUT2D eigenvalue weighted by Crippen LogP contribution is 2.18. The van der Waals surface area contributed by atoms with Gasteiger partial charge in [-0.1, -0.05) is 6.07 Å². The molecule has 1 unspecified atom stereocenters. The first kappa shape index (κ1) is 12.9. The van der Waals surface area contributed by atoms with Gasteiger partial charge < -0.3 is 20.5 Å². The highest BCUT2D eigenvalue weighted by atomic mass is 16.5. The minimum atomic E-state index is -0.275. The number of carbonyl (C=O) groups excluding carboxylic acids is 1. The Morgan fingerprint density at radius 3 is 2.94 bits per heavy atom. The van der Waals surface area contributed by atoms with Crippen molar-refractivity contribution in [2.75, 3.05) is 20.2 Å². The normalized spacial score (nSPS) is 23.0. The molecular formula is C13H18N2O3. The summed E-state index contributed by atoms with van der Waals surface area (Å²) in [6, 6.07) is 4.94. The fourth-order valence-electron chi connectivity index (χ4n) is 2.13. The second kappa shape index (κ2) is 5.37. The molecule has 1 saturated heterocycles. The van der Waals surface area contributed by atoms with Gasteiger partial charge in [0.15, 0.2) is 0 Å². The number of phenols is 1. The van der Waals surface area contributed by atoms with Gasteiger partial charge in [0.25, 0.3) is 5.91 Å². The largest absolute Gasteiger partial charge is 0.507 e. The van der Waals surface area contributed by atoms with E-state index in [9.17, 15) is 9.90 Å². The van der Waals surface area contributed by atoms with Gasteiger partial charge in [-0.15, -0.1) is 0 Å². The summed E-state index contributed by atoms with van der Waals surface area (Å²) in [5.74, 6) is -0.268. The number of aromatic hydroxyl groups is 1. The molecule has 1 aliphatic heterocycles. The summed E-state index contributed by atoms with van der Waals surface area (Å²) in [5.41, 5.74) is 1.21. The van der Waals surface area contributed by atoms with Crippen LogP contribution in [0.2, 0.25) is 0 Å². The van der Waals surface area contributed by atoms with E-state index in [1.807, 2.05) is 6.92 Å². The van der Waals surface area contributed by atoms with Crippen molar-refractivity contribution in [3.63, 3.8) is 0 Å². The lowest BCUT2D eigenvalue weighted by molar-refractivity contribution is 0.0778. The highest BCUT2D eigenvalue weighted by Gasteiger charge is 2.28. The molecule has 2 rings (SSSR count). The predicted molar refractivity (Wildman–Crippen MR) is 67.8 cm³/mol. The van der Waals surface area contributed by atoms with E-state index in [1.165, 1.54) is 0 Å². The van der Waals surface area contributed by atoms with E-state index in [-0.39, 0.29) is 23.8 Å². The zero-order valence-corrected chi connectivity index (χ0v) is 10.6.